The molecule has 8 nitrogen and oxygen atoms in total. The molecule has 2 aromatic carbocycles. The van der Waals surface area contributed by atoms with Crippen molar-refractivity contribution in [1.29, 1.82) is 0 Å². The molecule has 0 fully saturated rings. The summed E-state index contributed by atoms with van der Waals surface area (Å²) in [6, 6.07) is 12.2. The van der Waals surface area contributed by atoms with Crippen LogP contribution in [-0.2, 0) is 9.53 Å². The van der Waals surface area contributed by atoms with Gasteiger partial charge in [0.05, 0.1) is 0 Å². The Kier molecular flexibility index (Phi) is 5.14. The molecule has 4 rings (SSSR count). The third-order valence-corrected chi connectivity index (χ3v) is 4.85. The third kappa shape index (κ3) is 3.71. The van der Waals surface area contributed by atoms with Crippen molar-refractivity contribution in [2.75, 3.05) is 13.3 Å². The smallest absolute Gasteiger partial charge is 0.326 e. The summed E-state index contributed by atoms with van der Waals surface area (Å²) in [5.41, 5.74) is 2.37. The molecule has 1 aromatic heterocycles. The number of aromatic nitrogens is 1. The van der Waals surface area contributed by atoms with Crippen LogP contribution in [-0.4, -0.2) is 42.1 Å². The monoisotopic (exact) mass is 408 g/mol. The van der Waals surface area contributed by atoms with Gasteiger partial charge >= 0.3 is 5.97 Å². The lowest BCUT2D eigenvalue weighted by Crippen LogP contribution is -2.34. The Hall–Kier alpha value is -3.81. The van der Waals surface area contributed by atoms with Crippen molar-refractivity contribution in [2.24, 2.45) is 0 Å². The highest BCUT2D eigenvalue weighted by Gasteiger charge is 2.24. The van der Waals surface area contributed by atoms with E-state index >= 15 is 0 Å². The van der Waals surface area contributed by atoms with Gasteiger partial charge in [0.25, 0.3) is 5.91 Å². The van der Waals surface area contributed by atoms with Crippen molar-refractivity contribution >= 4 is 28.6 Å². The minimum Gasteiger partial charge on any atom is -0.454 e. The van der Waals surface area contributed by atoms with E-state index in [-0.39, 0.29) is 19.1 Å². The number of fused-ring (bicyclic) bond motifs is 2. The number of hydrogen-bond donors (Lipinski definition) is 2. The highest BCUT2D eigenvalue weighted by atomic mass is 16.7. The van der Waals surface area contributed by atoms with Crippen LogP contribution in [0.3, 0.4) is 0 Å². The number of carbonyl (C=O) groups excluding carboxylic acids is 3. The fourth-order valence-electron chi connectivity index (χ4n) is 3.38. The van der Waals surface area contributed by atoms with E-state index in [4.69, 9.17) is 14.2 Å². The quantitative estimate of drug-likeness (QED) is 0.480. The molecule has 0 radical (unpaired) electrons. The van der Waals surface area contributed by atoms with Gasteiger partial charge in [0.1, 0.15) is 6.54 Å². The summed E-state index contributed by atoms with van der Waals surface area (Å²) in [5, 5.41) is 3.26. The van der Waals surface area contributed by atoms with Crippen LogP contribution in [0.1, 0.15) is 33.3 Å². The van der Waals surface area contributed by atoms with E-state index in [9.17, 15) is 14.4 Å². The Balaban J connectivity index is 1.36. The molecular weight excluding hydrogens is 388 g/mol. The first kappa shape index (κ1) is 19.5. The zero-order valence-corrected chi connectivity index (χ0v) is 16.5. The van der Waals surface area contributed by atoms with Gasteiger partial charge in [-0.05, 0) is 38.1 Å². The minimum atomic E-state index is -0.988. The molecule has 0 unspecified atom stereocenters. The Morgan fingerprint density at radius 1 is 1.13 bits per heavy atom. The molecule has 0 saturated heterocycles. The van der Waals surface area contributed by atoms with E-state index < -0.39 is 18.0 Å². The number of aromatic amines is 1. The molecule has 0 spiro atoms. The summed E-state index contributed by atoms with van der Waals surface area (Å²) in [6.45, 7) is 3.06. The molecule has 0 aliphatic carbocycles. The molecule has 1 aliphatic rings. The number of benzene rings is 2. The van der Waals surface area contributed by atoms with Crippen LogP contribution in [0.4, 0.5) is 0 Å². The summed E-state index contributed by atoms with van der Waals surface area (Å²) < 4.78 is 15.7. The lowest BCUT2D eigenvalue weighted by atomic mass is 10.0. The van der Waals surface area contributed by atoms with Crippen LogP contribution in [0, 0.1) is 6.92 Å². The molecule has 8 heteroatoms. The highest BCUT2D eigenvalue weighted by Crippen LogP contribution is 2.32. The number of ketones is 1. The summed E-state index contributed by atoms with van der Waals surface area (Å²) in [5.74, 6) is -0.441. The lowest BCUT2D eigenvalue weighted by Gasteiger charge is -2.13. The van der Waals surface area contributed by atoms with Gasteiger partial charge in [0.15, 0.2) is 17.6 Å². The van der Waals surface area contributed by atoms with E-state index in [1.54, 1.807) is 19.1 Å². The number of nitrogens with one attached hydrogen (secondary N) is 2. The number of Topliss-reactive ketones (excluding diaryl/α,β-unsaturated/α-hetero) is 1. The Labute approximate surface area is 172 Å². The largest absolute Gasteiger partial charge is 0.454 e. The van der Waals surface area contributed by atoms with Crippen molar-refractivity contribution in [3.05, 3.63) is 59.3 Å². The number of hydrogen-bond acceptors (Lipinski definition) is 6. The summed E-state index contributed by atoms with van der Waals surface area (Å²) in [4.78, 5) is 40.4. The van der Waals surface area contributed by atoms with Crippen molar-refractivity contribution in [3.8, 4) is 11.5 Å². The number of H-pyrrole nitrogens is 1. The van der Waals surface area contributed by atoms with E-state index in [0.29, 0.717) is 28.3 Å². The zero-order chi connectivity index (χ0) is 21.3. The number of esters is 1. The second kappa shape index (κ2) is 7.90. The summed E-state index contributed by atoms with van der Waals surface area (Å²) in [6.07, 6.45) is -0.988. The molecule has 30 heavy (non-hydrogen) atoms. The summed E-state index contributed by atoms with van der Waals surface area (Å²) in [7, 11) is 0. The number of aryl methyl sites for hydroxylation is 1. The van der Waals surface area contributed by atoms with E-state index in [0.717, 1.165) is 10.9 Å². The number of amides is 1. The van der Waals surface area contributed by atoms with Crippen LogP contribution >= 0.6 is 0 Å². The zero-order valence-electron chi connectivity index (χ0n) is 16.5. The highest BCUT2D eigenvalue weighted by molar-refractivity contribution is 6.11. The standard InChI is InChI=1S/C22H20N2O6/c1-12-20(15-5-3-4-6-16(15)24-12)21(26)13(2)30-19(25)10-23-22(27)14-7-8-17-18(9-14)29-11-28-17/h3-9,13,24H,10-11H2,1-2H3,(H,23,27)/t13-/m0/s1. The second-order valence-corrected chi connectivity index (χ2v) is 6.92. The van der Waals surface area contributed by atoms with Gasteiger partial charge in [-0.2, -0.15) is 0 Å². The fraction of sp³-hybridized carbons (Fsp3) is 0.227. The van der Waals surface area contributed by atoms with E-state index in [2.05, 4.69) is 10.3 Å². The number of para-hydroxylation sites is 1. The van der Waals surface area contributed by atoms with Crippen molar-refractivity contribution in [3.63, 3.8) is 0 Å². The van der Waals surface area contributed by atoms with Crippen molar-refractivity contribution in [1.82, 2.24) is 10.3 Å². The van der Waals surface area contributed by atoms with Crippen LogP contribution in [0.25, 0.3) is 10.9 Å². The van der Waals surface area contributed by atoms with Gasteiger partial charge in [0.2, 0.25) is 12.6 Å². The van der Waals surface area contributed by atoms with Gasteiger partial charge in [-0.25, -0.2) is 0 Å². The normalized spacial score (nSPS) is 13.1. The van der Waals surface area contributed by atoms with Gasteiger partial charge in [0, 0.05) is 27.7 Å². The minimum absolute atomic E-state index is 0.106. The molecule has 1 amide bonds. The maximum absolute atomic E-state index is 12.8. The van der Waals surface area contributed by atoms with Crippen molar-refractivity contribution < 1.29 is 28.6 Å². The maximum Gasteiger partial charge on any atom is 0.326 e. The number of ether oxygens (including phenoxy) is 3. The second-order valence-electron chi connectivity index (χ2n) is 6.92. The fourth-order valence-corrected chi connectivity index (χ4v) is 3.38. The molecule has 3 aromatic rings. The van der Waals surface area contributed by atoms with E-state index in [1.165, 1.54) is 13.0 Å². The van der Waals surface area contributed by atoms with Gasteiger partial charge < -0.3 is 24.5 Å². The topological polar surface area (TPSA) is 107 Å². The molecule has 2 heterocycles. The molecular formula is C22H20N2O6. The molecule has 0 saturated carbocycles. The first-order valence-corrected chi connectivity index (χ1v) is 9.43. The van der Waals surface area contributed by atoms with Crippen LogP contribution in [0.5, 0.6) is 11.5 Å². The number of rotatable bonds is 6. The molecule has 1 atom stereocenters. The first-order valence-electron chi connectivity index (χ1n) is 9.43. The van der Waals surface area contributed by atoms with Gasteiger partial charge in [-0.15, -0.1) is 0 Å². The summed E-state index contributed by atoms with van der Waals surface area (Å²) >= 11 is 0. The van der Waals surface area contributed by atoms with Crippen LogP contribution in [0.15, 0.2) is 42.5 Å². The molecule has 0 bridgehead atoms. The SMILES string of the molecule is Cc1[nH]c2ccccc2c1C(=O)[C@H](C)OC(=O)CNC(=O)c1ccc2c(c1)OCO2. The van der Waals surface area contributed by atoms with Gasteiger partial charge in [-0.1, -0.05) is 18.2 Å². The Morgan fingerprint density at radius 2 is 1.90 bits per heavy atom. The average molecular weight is 408 g/mol. The number of carbonyl (C=O) groups is 3. The molecule has 1 aliphatic heterocycles. The van der Waals surface area contributed by atoms with Crippen LogP contribution in [0.2, 0.25) is 0 Å². The van der Waals surface area contributed by atoms with Gasteiger partial charge in [-0.3, -0.25) is 14.4 Å². The first-order chi connectivity index (χ1) is 14.4. The lowest BCUT2D eigenvalue weighted by molar-refractivity contribution is -0.145. The molecule has 154 valence electrons. The van der Waals surface area contributed by atoms with Crippen molar-refractivity contribution in [2.45, 2.75) is 20.0 Å². The predicted molar refractivity (Wildman–Crippen MR) is 108 cm³/mol. The maximum atomic E-state index is 12.8. The Morgan fingerprint density at radius 3 is 2.73 bits per heavy atom. The third-order valence-electron chi connectivity index (χ3n) is 4.85. The predicted octanol–water partition coefficient (Wildman–Crippen LogP) is 2.75. The molecule has 2 N–H and O–H groups in total. The Bertz CT molecular complexity index is 1150. The average Bonchev–Trinajstić information content (AvgIpc) is 3.33. The van der Waals surface area contributed by atoms with E-state index in [1.807, 2.05) is 24.3 Å². The van der Waals surface area contributed by atoms with Crippen LogP contribution < -0.4 is 14.8 Å².